The Morgan fingerprint density at radius 1 is 1.14 bits per heavy atom. The second-order valence-corrected chi connectivity index (χ2v) is 4.10. The van der Waals surface area contributed by atoms with Gasteiger partial charge in [-0.3, -0.25) is 25.0 Å². The second-order valence-electron chi connectivity index (χ2n) is 4.10. The number of carbonyl (C=O) groups is 1. The summed E-state index contributed by atoms with van der Waals surface area (Å²) in [4.78, 5) is 31.4. The van der Waals surface area contributed by atoms with E-state index in [2.05, 4.69) is 10.6 Å². The molecule has 4 N–H and O–H groups in total. The van der Waals surface area contributed by atoms with Crippen molar-refractivity contribution in [1.82, 2.24) is 10.6 Å². The summed E-state index contributed by atoms with van der Waals surface area (Å²) in [7, 11) is 0. The minimum absolute atomic E-state index is 0.0776. The summed E-state index contributed by atoms with van der Waals surface area (Å²) in [5.41, 5.74) is -2.14. The van der Waals surface area contributed by atoms with E-state index in [1.165, 1.54) is 0 Å². The van der Waals surface area contributed by atoms with Crippen LogP contribution in [0.2, 0.25) is 0 Å². The van der Waals surface area contributed by atoms with Crippen molar-refractivity contribution >= 4 is 17.3 Å². The van der Waals surface area contributed by atoms with Crippen LogP contribution in [0, 0.1) is 20.2 Å². The average Bonchev–Trinajstić information content (AvgIpc) is 2.46. The van der Waals surface area contributed by atoms with Crippen LogP contribution in [0.5, 0.6) is 5.75 Å². The van der Waals surface area contributed by atoms with Crippen molar-refractivity contribution in [3.63, 3.8) is 0 Å². The molecule has 0 saturated heterocycles. The Balaban J connectivity index is 2.94. The summed E-state index contributed by atoms with van der Waals surface area (Å²) < 4.78 is 0. The number of phenols is 1. The van der Waals surface area contributed by atoms with E-state index in [0.29, 0.717) is 19.2 Å². The van der Waals surface area contributed by atoms with E-state index in [1.54, 1.807) is 0 Å². The molecule has 1 aromatic carbocycles. The summed E-state index contributed by atoms with van der Waals surface area (Å²) in [5, 5.41) is 44.9. The number of rotatable bonds is 8. The van der Waals surface area contributed by atoms with Crippen molar-refractivity contribution in [3.8, 4) is 5.75 Å². The normalized spacial score (nSPS) is 10.2. The number of benzene rings is 1. The Hall–Kier alpha value is -2.79. The molecule has 0 saturated carbocycles. The molecule has 0 spiro atoms. The summed E-state index contributed by atoms with van der Waals surface area (Å²) in [5.74, 6) is -1.81. The number of aliphatic hydroxyl groups is 1. The van der Waals surface area contributed by atoms with Gasteiger partial charge in [0.15, 0.2) is 0 Å². The molecule has 0 atom stereocenters. The van der Waals surface area contributed by atoms with Crippen LogP contribution < -0.4 is 10.6 Å². The highest BCUT2D eigenvalue weighted by Gasteiger charge is 2.26. The van der Waals surface area contributed by atoms with Crippen LogP contribution in [0.3, 0.4) is 0 Å². The van der Waals surface area contributed by atoms with Gasteiger partial charge in [0, 0.05) is 25.7 Å². The minimum Gasteiger partial charge on any atom is -0.502 e. The number of nitro groups is 2. The van der Waals surface area contributed by atoms with E-state index in [0.717, 1.165) is 6.07 Å². The second kappa shape index (κ2) is 7.85. The lowest BCUT2D eigenvalue weighted by Crippen LogP contribution is -2.33. The smallest absolute Gasteiger partial charge is 0.318 e. The van der Waals surface area contributed by atoms with E-state index in [-0.39, 0.29) is 13.2 Å². The van der Waals surface area contributed by atoms with Gasteiger partial charge in [-0.15, -0.1) is 0 Å². The number of aliphatic hydroxyl groups excluding tert-OH is 1. The standard InChI is InChI=1S/C11H14N4O7/c16-4-3-12-1-2-13-11(18)8-5-7(14(19)20)6-9(10(8)17)15(21)22/h5-6,12,16-17H,1-4H2,(H,13,18). The molecule has 1 aromatic rings. The van der Waals surface area contributed by atoms with Gasteiger partial charge in [-0.05, 0) is 0 Å². The monoisotopic (exact) mass is 314 g/mol. The molecule has 0 aliphatic rings. The first-order chi connectivity index (χ1) is 10.4. The predicted octanol–water partition coefficient (Wildman–Crippen LogP) is -0.480. The average molecular weight is 314 g/mol. The van der Waals surface area contributed by atoms with Crippen LogP contribution in [-0.4, -0.2) is 52.2 Å². The number of nitro benzene ring substituents is 2. The molecule has 0 bridgehead atoms. The first-order valence-electron chi connectivity index (χ1n) is 6.14. The molecule has 0 aliphatic carbocycles. The molecule has 0 unspecified atom stereocenters. The van der Waals surface area contributed by atoms with Crippen LogP contribution in [0.4, 0.5) is 11.4 Å². The third kappa shape index (κ3) is 4.36. The molecule has 0 fully saturated rings. The lowest BCUT2D eigenvalue weighted by Gasteiger charge is -2.07. The number of aromatic hydroxyl groups is 1. The van der Waals surface area contributed by atoms with Crippen molar-refractivity contribution in [1.29, 1.82) is 0 Å². The molecule has 11 heteroatoms. The quantitative estimate of drug-likeness (QED) is 0.283. The first-order valence-corrected chi connectivity index (χ1v) is 6.14. The number of carbonyl (C=O) groups excluding carboxylic acids is 1. The summed E-state index contributed by atoms with van der Waals surface area (Å²) in [6.45, 7) is 0.661. The van der Waals surface area contributed by atoms with Gasteiger partial charge in [-0.1, -0.05) is 0 Å². The van der Waals surface area contributed by atoms with Gasteiger partial charge in [0.05, 0.1) is 28.1 Å². The Morgan fingerprint density at radius 2 is 1.82 bits per heavy atom. The van der Waals surface area contributed by atoms with Crippen LogP contribution >= 0.6 is 0 Å². The van der Waals surface area contributed by atoms with Crippen LogP contribution in [-0.2, 0) is 0 Å². The molecule has 1 rings (SSSR count). The third-order valence-corrected chi connectivity index (χ3v) is 2.60. The van der Waals surface area contributed by atoms with Gasteiger partial charge < -0.3 is 20.8 Å². The van der Waals surface area contributed by atoms with Crippen LogP contribution in [0.1, 0.15) is 10.4 Å². The van der Waals surface area contributed by atoms with Crippen molar-refractivity contribution < 1.29 is 24.9 Å². The van der Waals surface area contributed by atoms with Crippen molar-refractivity contribution in [3.05, 3.63) is 37.9 Å². The molecule has 0 aromatic heterocycles. The Bertz CT molecular complexity index is 590. The van der Waals surface area contributed by atoms with Gasteiger partial charge in [-0.25, -0.2) is 0 Å². The fraction of sp³-hybridized carbons (Fsp3) is 0.364. The van der Waals surface area contributed by atoms with E-state index in [1.807, 2.05) is 0 Å². The number of non-ortho nitro benzene ring substituents is 1. The maximum absolute atomic E-state index is 11.9. The zero-order chi connectivity index (χ0) is 16.7. The zero-order valence-corrected chi connectivity index (χ0v) is 11.3. The molecule has 0 aliphatic heterocycles. The Kier molecular flexibility index (Phi) is 6.16. The first kappa shape index (κ1) is 17.3. The molecule has 11 nitrogen and oxygen atoms in total. The van der Waals surface area contributed by atoms with Crippen LogP contribution in [0.15, 0.2) is 12.1 Å². The molecule has 1 amide bonds. The van der Waals surface area contributed by atoms with E-state index in [9.17, 15) is 30.1 Å². The predicted molar refractivity (Wildman–Crippen MR) is 73.7 cm³/mol. The zero-order valence-electron chi connectivity index (χ0n) is 11.3. The number of amides is 1. The topological polar surface area (TPSA) is 168 Å². The van der Waals surface area contributed by atoms with E-state index < -0.39 is 38.4 Å². The van der Waals surface area contributed by atoms with E-state index in [4.69, 9.17) is 5.11 Å². The van der Waals surface area contributed by atoms with Gasteiger partial charge in [0.2, 0.25) is 5.75 Å². The fourth-order valence-electron chi connectivity index (χ4n) is 1.59. The lowest BCUT2D eigenvalue weighted by molar-refractivity contribution is -0.394. The highest BCUT2D eigenvalue weighted by molar-refractivity contribution is 5.98. The maximum Gasteiger partial charge on any atom is 0.318 e. The Morgan fingerprint density at radius 3 is 2.36 bits per heavy atom. The maximum atomic E-state index is 11.9. The molecular weight excluding hydrogens is 300 g/mol. The SMILES string of the molecule is O=C(NCCNCCO)c1cc([N+](=O)[O-])cc([N+](=O)[O-])c1O. The molecule has 0 heterocycles. The number of nitrogens with one attached hydrogen (secondary N) is 2. The van der Waals surface area contributed by atoms with Gasteiger partial charge in [0.1, 0.15) is 0 Å². The van der Waals surface area contributed by atoms with Gasteiger partial charge in [0.25, 0.3) is 11.6 Å². The molecule has 22 heavy (non-hydrogen) atoms. The Labute approximate surface area is 123 Å². The minimum atomic E-state index is -1.01. The van der Waals surface area contributed by atoms with Crippen molar-refractivity contribution in [2.75, 3.05) is 26.2 Å². The third-order valence-electron chi connectivity index (χ3n) is 2.60. The summed E-state index contributed by atoms with van der Waals surface area (Å²) in [6.07, 6.45) is 0. The summed E-state index contributed by atoms with van der Waals surface area (Å²) >= 11 is 0. The molecule has 120 valence electrons. The van der Waals surface area contributed by atoms with Gasteiger partial charge in [-0.2, -0.15) is 0 Å². The van der Waals surface area contributed by atoms with Crippen molar-refractivity contribution in [2.45, 2.75) is 0 Å². The number of phenolic OH excluding ortho intramolecular Hbond substituents is 1. The number of hydrogen-bond donors (Lipinski definition) is 4. The molecule has 0 radical (unpaired) electrons. The largest absolute Gasteiger partial charge is 0.502 e. The van der Waals surface area contributed by atoms with E-state index >= 15 is 0 Å². The highest BCUT2D eigenvalue weighted by atomic mass is 16.6. The van der Waals surface area contributed by atoms with Crippen molar-refractivity contribution in [2.24, 2.45) is 0 Å². The number of nitrogens with zero attached hydrogens (tertiary/aromatic N) is 2. The molecular formula is C11H14N4O7. The van der Waals surface area contributed by atoms with Crippen LogP contribution in [0.25, 0.3) is 0 Å². The lowest BCUT2D eigenvalue weighted by atomic mass is 10.1. The van der Waals surface area contributed by atoms with Gasteiger partial charge >= 0.3 is 5.69 Å². The fourth-order valence-corrected chi connectivity index (χ4v) is 1.59. The highest BCUT2D eigenvalue weighted by Crippen LogP contribution is 2.34. The summed E-state index contributed by atoms with van der Waals surface area (Å²) in [6, 6.07) is 1.34. The number of hydrogen-bond acceptors (Lipinski definition) is 8.